The van der Waals surface area contributed by atoms with Crippen molar-refractivity contribution in [2.24, 2.45) is 11.7 Å². The minimum absolute atomic E-state index is 0.130. The van der Waals surface area contributed by atoms with Gasteiger partial charge in [-0.05, 0) is 31.3 Å². The maximum Gasteiger partial charge on any atom is 0.237 e. The van der Waals surface area contributed by atoms with Crippen molar-refractivity contribution in [1.82, 2.24) is 5.32 Å². The summed E-state index contributed by atoms with van der Waals surface area (Å²) in [4.78, 5) is 24.3. The van der Waals surface area contributed by atoms with Gasteiger partial charge in [0.15, 0.2) is 11.4 Å². The number of hydrogen-bond donors (Lipinski definition) is 2. The van der Waals surface area contributed by atoms with E-state index in [1.165, 1.54) is 12.0 Å². The third-order valence-electron chi connectivity index (χ3n) is 3.11. The number of epoxide rings is 1. The van der Waals surface area contributed by atoms with Crippen LogP contribution in [0, 0.1) is 5.92 Å². The summed E-state index contributed by atoms with van der Waals surface area (Å²) in [7, 11) is 0. The summed E-state index contributed by atoms with van der Waals surface area (Å²) in [6, 6.07) is -1.22. The number of amides is 1. The van der Waals surface area contributed by atoms with E-state index >= 15 is 0 Å². The second-order valence-electron chi connectivity index (χ2n) is 5.56. The molecule has 116 valence electrons. The van der Waals surface area contributed by atoms with Crippen LogP contribution in [-0.2, 0) is 18.5 Å². The average molecular weight is 304 g/mol. The number of hydrogen-bond acceptors (Lipinski definition) is 6. The SMILES string of the molecule is CSOC[C@]1(C(=O)[C@H](CC(C)C)NC(=O)[C@H](C)N)CO1. The van der Waals surface area contributed by atoms with E-state index in [0.717, 1.165) is 0 Å². The van der Waals surface area contributed by atoms with E-state index in [1.807, 2.05) is 13.8 Å². The van der Waals surface area contributed by atoms with E-state index in [0.29, 0.717) is 13.0 Å². The summed E-state index contributed by atoms with van der Waals surface area (Å²) in [6.45, 7) is 6.13. The zero-order valence-corrected chi connectivity index (χ0v) is 13.3. The third-order valence-corrected chi connectivity index (χ3v) is 3.46. The maximum atomic E-state index is 12.6. The Morgan fingerprint density at radius 3 is 2.45 bits per heavy atom. The van der Waals surface area contributed by atoms with Crippen LogP contribution in [-0.4, -0.2) is 48.8 Å². The highest BCUT2D eigenvalue weighted by Gasteiger charge is 2.55. The minimum atomic E-state index is -0.895. The molecule has 0 bridgehead atoms. The van der Waals surface area contributed by atoms with Crippen molar-refractivity contribution in [3.8, 4) is 0 Å². The van der Waals surface area contributed by atoms with Crippen LogP contribution in [0.15, 0.2) is 0 Å². The fraction of sp³-hybridized carbons (Fsp3) is 0.846. The van der Waals surface area contributed by atoms with E-state index in [2.05, 4.69) is 5.32 Å². The summed E-state index contributed by atoms with van der Waals surface area (Å²) < 4.78 is 10.5. The van der Waals surface area contributed by atoms with E-state index in [9.17, 15) is 9.59 Å². The highest BCUT2D eigenvalue weighted by molar-refractivity contribution is 7.93. The van der Waals surface area contributed by atoms with Gasteiger partial charge in [-0.1, -0.05) is 13.8 Å². The molecular weight excluding hydrogens is 280 g/mol. The summed E-state index contributed by atoms with van der Waals surface area (Å²) >= 11 is 1.19. The van der Waals surface area contributed by atoms with E-state index in [1.54, 1.807) is 13.2 Å². The summed E-state index contributed by atoms with van der Waals surface area (Å²) in [5.74, 6) is -0.186. The van der Waals surface area contributed by atoms with Crippen molar-refractivity contribution in [3.63, 3.8) is 0 Å². The van der Waals surface area contributed by atoms with Gasteiger partial charge in [0.05, 0.1) is 25.3 Å². The smallest absolute Gasteiger partial charge is 0.237 e. The van der Waals surface area contributed by atoms with Crippen molar-refractivity contribution in [1.29, 1.82) is 0 Å². The quantitative estimate of drug-likeness (QED) is 0.476. The topological polar surface area (TPSA) is 94.0 Å². The Labute approximate surface area is 124 Å². The molecule has 3 N–H and O–H groups in total. The van der Waals surface area contributed by atoms with Crippen LogP contribution in [0.3, 0.4) is 0 Å². The van der Waals surface area contributed by atoms with Gasteiger partial charge >= 0.3 is 0 Å². The largest absolute Gasteiger partial charge is 0.359 e. The molecule has 20 heavy (non-hydrogen) atoms. The van der Waals surface area contributed by atoms with Crippen LogP contribution in [0.2, 0.25) is 0 Å². The van der Waals surface area contributed by atoms with Gasteiger partial charge in [0.2, 0.25) is 5.91 Å². The van der Waals surface area contributed by atoms with Gasteiger partial charge < -0.3 is 20.0 Å². The lowest BCUT2D eigenvalue weighted by molar-refractivity contribution is -0.132. The van der Waals surface area contributed by atoms with E-state index < -0.39 is 17.7 Å². The molecule has 1 fully saturated rings. The summed E-state index contributed by atoms with van der Waals surface area (Å²) in [5, 5.41) is 2.71. The predicted molar refractivity (Wildman–Crippen MR) is 78.2 cm³/mol. The van der Waals surface area contributed by atoms with Crippen molar-refractivity contribution in [3.05, 3.63) is 0 Å². The molecule has 1 saturated heterocycles. The highest BCUT2D eigenvalue weighted by atomic mass is 32.2. The molecule has 0 spiro atoms. The lowest BCUT2D eigenvalue weighted by Crippen LogP contribution is -2.52. The average Bonchev–Trinajstić information content (AvgIpc) is 3.15. The van der Waals surface area contributed by atoms with Gasteiger partial charge in [-0.2, -0.15) is 0 Å². The molecule has 7 heteroatoms. The molecule has 3 atom stereocenters. The number of nitrogens with two attached hydrogens (primary N) is 1. The molecule has 6 nitrogen and oxygen atoms in total. The van der Waals surface area contributed by atoms with Crippen LogP contribution in [0.5, 0.6) is 0 Å². The lowest BCUT2D eigenvalue weighted by atomic mass is 9.92. The van der Waals surface area contributed by atoms with Crippen LogP contribution < -0.4 is 11.1 Å². The molecule has 0 aromatic rings. The predicted octanol–water partition coefficient (Wildman–Crippen LogP) is 0.497. The standard InChI is InChI=1S/C13H24N2O4S/c1-8(2)5-10(15-12(17)9(3)14)11(16)13(6-18-13)7-19-20-4/h8-10H,5-7,14H2,1-4H3,(H,15,17)/t9-,10-,13-/m0/s1. The summed E-state index contributed by atoms with van der Waals surface area (Å²) in [5.41, 5.74) is 4.64. The molecule has 0 aromatic heterocycles. The molecule has 1 aliphatic rings. The van der Waals surface area contributed by atoms with Gasteiger partial charge in [0.25, 0.3) is 0 Å². The molecule has 0 aliphatic carbocycles. The first-order chi connectivity index (χ1) is 9.32. The van der Waals surface area contributed by atoms with Gasteiger partial charge in [-0.25, -0.2) is 0 Å². The number of carbonyl (C=O) groups excluding carboxylic acids is 2. The number of nitrogens with one attached hydrogen (secondary N) is 1. The van der Waals surface area contributed by atoms with Gasteiger partial charge in [-0.15, -0.1) is 0 Å². The van der Waals surface area contributed by atoms with Gasteiger partial charge in [0, 0.05) is 6.26 Å². The molecule has 1 heterocycles. The highest BCUT2D eigenvalue weighted by Crippen LogP contribution is 2.32. The molecule has 1 aliphatic heterocycles. The molecular formula is C13H24N2O4S. The molecule has 0 unspecified atom stereocenters. The zero-order chi connectivity index (χ0) is 15.3. The Hall–Kier alpha value is -0.630. The van der Waals surface area contributed by atoms with E-state index in [4.69, 9.17) is 14.7 Å². The second kappa shape index (κ2) is 7.40. The number of ketones is 1. The number of ether oxygens (including phenoxy) is 1. The first-order valence-corrected chi connectivity index (χ1v) is 7.87. The molecule has 0 aromatic carbocycles. The van der Waals surface area contributed by atoms with Crippen molar-refractivity contribution < 1.29 is 18.5 Å². The number of carbonyl (C=O) groups is 2. The first-order valence-electron chi connectivity index (χ1n) is 6.72. The summed E-state index contributed by atoms with van der Waals surface area (Å²) in [6.07, 6.45) is 2.34. The number of Topliss-reactive ketones (excluding diaryl/α,β-unsaturated/α-hetero) is 1. The van der Waals surface area contributed by atoms with Crippen molar-refractivity contribution in [2.75, 3.05) is 19.5 Å². The Morgan fingerprint density at radius 2 is 2.05 bits per heavy atom. The van der Waals surface area contributed by atoms with Crippen LogP contribution in [0.4, 0.5) is 0 Å². The molecule has 0 saturated carbocycles. The fourth-order valence-corrected chi connectivity index (χ4v) is 2.17. The zero-order valence-electron chi connectivity index (χ0n) is 12.5. The van der Waals surface area contributed by atoms with Crippen LogP contribution in [0.25, 0.3) is 0 Å². The van der Waals surface area contributed by atoms with Crippen LogP contribution in [0.1, 0.15) is 27.2 Å². The van der Waals surface area contributed by atoms with Gasteiger partial charge in [0.1, 0.15) is 0 Å². The third kappa shape index (κ3) is 4.73. The fourth-order valence-electron chi connectivity index (χ4n) is 1.86. The van der Waals surface area contributed by atoms with Gasteiger partial charge in [-0.3, -0.25) is 9.59 Å². The van der Waals surface area contributed by atoms with Crippen molar-refractivity contribution in [2.45, 2.75) is 44.9 Å². The monoisotopic (exact) mass is 304 g/mol. The first kappa shape index (κ1) is 17.4. The van der Waals surface area contributed by atoms with E-state index in [-0.39, 0.29) is 24.2 Å². The second-order valence-corrected chi connectivity index (χ2v) is 6.12. The Balaban J connectivity index is 2.72. The lowest BCUT2D eigenvalue weighted by Gasteiger charge is -2.23. The maximum absolute atomic E-state index is 12.6. The van der Waals surface area contributed by atoms with Crippen molar-refractivity contribution >= 4 is 23.7 Å². The minimum Gasteiger partial charge on any atom is -0.359 e. The van der Waals surface area contributed by atoms with Crippen LogP contribution >= 0.6 is 12.0 Å². The Morgan fingerprint density at radius 1 is 1.45 bits per heavy atom. The Kier molecular flexibility index (Phi) is 6.44. The number of rotatable bonds is 9. The molecule has 0 radical (unpaired) electrons. The normalized spacial score (nSPS) is 24.3. The Bertz CT molecular complexity index is 356. The molecule has 1 amide bonds. The molecule has 1 rings (SSSR count).